The van der Waals surface area contributed by atoms with Crippen molar-refractivity contribution < 1.29 is 18.6 Å². The molecule has 2 N–H and O–H groups in total. The molecular weight excluding hydrogens is 526 g/mol. The molecule has 0 radical (unpaired) electrons. The van der Waals surface area contributed by atoms with Gasteiger partial charge in [0.1, 0.15) is 29.8 Å². The van der Waals surface area contributed by atoms with E-state index in [-0.39, 0.29) is 36.4 Å². The highest BCUT2D eigenvalue weighted by molar-refractivity contribution is 5.90. The van der Waals surface area contributed by atoms with E-state index in [1.54, 1.807) is 30.8 Å². The third kappa shape index (κ3) is 5.19. The molecular formula is C31H32F2N6O2. The molecule has 3 fully saturated rings. The number of nitrogens with zero attached hydrogens (tertiary/aromatic N) is 5. The van der Waals surface area contributed by atoms with E-state index in [0.717, 1.165) is 47.7 Å². The summed E-state index contributed by atoms with van der Waals surface area (Å²) in [7, 11) is 1.85. The van der Waals surface area contributed by atoms with Gasteiger partial charge in [0, 0.05) is 67.2 Å². The number of hydrogen-bond acceptors (Lipinski definition) is 7. The van der Waals surface area contributed by atoms with Gasteiger partial charge in [0.05, 0.1) is 29.2 Å². The second-order valence-corrected chi connectivity index (χ2v) is 11.4. The number of anilines is 2. The van der Waals surface area contributed by atoms with E-state index in [2.05, 4.69) is 26.1 Å². The standard InChI is InChI=1S/C31H32F2N6O2/c1-5-19-8-26(32)25(27(33)9-19)17-38-21-10-22(38)15-37(14-21)29-7-6-20(12-35-29)24-11-23(41-18-31(2,3)40)16-39-30(24)28(34-4)13-36-39/h1,6-9,11-13,16,21-22,34,40H,10,14-15,17-18H2,2-4H3. The highest BCUT2D eigenvalue weighted by Crippen LogP contribution is 2.37. The lowest BCUT2D eigenvalue weighted by molar-refractivity contribution is -0.0103. The Morgan fingerprint density at radius 2 is 1.88 bits per heavy atom. The number of terminal acetylenes is 1. The van der Waals surface area contributed by atoms with E-state index in [0.29, 0.717) is 5.75 Å². The van der Waals surface area contributed by atoms with Crippen LogP contribution in [0.15, 0.2) is 48.9 Å². The Morgan fingerprint density at radius 3 is 2.49 bits per heavy atom. The lowest BCUT2D eigenvalue weighted by atomic mass is 9.86. The quantitative estimate of drug-likeness (QED) is 0.312. The molecule has 10 heteroatoms. The molecule has 0 aliphatic carbocycles. The molecule has 7 rings (SSSR count). The lowest BCUT2D eigenvalue weighted by Crippen LogP contribution is -2.68. The minimum Gasteiger partial charge on any atom is -0.489 e. The van der Waals surface area contributed by atoms with Crippen LogP contribution in [0.2, 0.25) is 0 Å². The number of benzene rings is 1. The van der Waals surface area contributed by atoms with Crippen molar-refractivity contribution in [3.63, 3.8) is 0 Å². The molecule has 8 nitrogen and oxygen atoms in total. The maximum absolute atomic E-state index is 14.5. The Hall–Kier alpha value is -4.20. The summed E-state index contributed by atoms with van der Waals surface area (Å²) in [5.41, 5.74) is 2.85. The third-order valence-electron chi connectivity index (χ3n) is 7.82. The first-order valence-corrected chi connectivity index (χ1v) is 13.6. The Balaban J connectivity index is 1.20. The number of piperazine rings is 1. The summed E-state index contributed by atoms with van der Waals surface area (Å²) >= 11 is 0. The fourth-order valence-corrected chi connectivity index (χ4v) is 5.72. The normalized spacial score (nSPS) is 18.7. The molecule has 3 aliphatic heterocycles. The van der Waals surface area contributed by atoms with Crippen molar-refractivity contribution in [1.82, 2.24) is 19.5 Å². The van der Waals surface area contributed by atoms with Crippen molar-refractivity contribution in [2.45, 2.75) is 44.5 Å². The predicted octanol–water partition coefficient (Wildman–Crippen LogP) is 4.31. The first kappa shape index (κ1) is 27.0. The molecule has 2 bridgehead atoms. The fraction of sp³-hybridized carbons (Fsp3) is 0.355. The van der Waals surface area contributed by atoms with Crippen LogP contribution in [0, 0.1) is 24.0 Å². The van der Waals surface area contributed by atoms with Crippen LogP contribution in [-0.4, -0.2) is 69.0 Å². The number of fused-ring (bicyclic) bond motifs is 3. The minimum absolute atomic E-state index is 0.0653. The highest BCUT2D eigenvalue weighted by atomic mass is 19.1. The number of aliphatic hydroxyl groups is 1. The molecule has 2 unspecified atom stereocenters. The molecule has 3 saturated heterocycles. The van der Waals surface area contributed by atoms with Gasteiger partial charge in [-0.1, -0.05) is 5.92 Å². The smallest absolute Gasteiger partial charge is 0.138 e. The first-order chi connectivity index (χ1) is 19.6. The van der Waals surface area contributed by atoms with Crippen LogP contribution < -0.4 is 15.0 Å². The molecule has 3 aliphatic rings. The van der Waals surface area contributed by atoms with E-state index in [1.165, 1.54) is 12.1 Å². The molecule has 0 saturated carbocycles. The minimum atomic E-state index is -0.974. The van der Waals surface area contributed by atoms with E-state index in [9.17, 15) is 13.9 Å². The third-order valence-corrected chi connectivity index (χ3v) is 7.82. The molecule has 0 amide bonds. The molecule has 4 aromatic rings. The zero-order valence-electron chi connectivity index (χ0n) is 23.2. The summed E-state index contributed by atoms with van der Waals surface area (Å²) in [6, 6.07) is 8.78. The van der Waals surface area contributed by atoms with E-state index in [1.807, 2.05) is 31.4 Å². The number of hydrogen-bond donors (Lipinski definition) is 2. The van der Waals surface area contributed by atoms with Gasteiger partial charge in [0.15, 0.2) is 0 Å². The largest absolute Gasteiger partial charge is 0.489 e. The van der Waals surface area contributed by atoms with Crippen LogP contribution in [0.5, 0.6) is 5.75 Å². The van der Waals surface area contributed by atoms with Crippen LogP contribution >= 0.6 is 0 Å². The van der Waals surface area contributed by atoms with Gasteiger partial charge >= 0.3 is 0 Å². The summed E-state index contributed by atoms with van der Waals surface area (Å²) in [6.45, 7) is 5.20. The van der Waals surface area contributed by atoms with Gasteiger partial charge in [-0.15, -0.1) is 6.42 Å². The maximum Gasteiger partial charge on any atom is 0.138 e. The fourth-order valence-electron chi connectivity index (χ4n) is 5.72. The first-order valence-electron chi connectivity index (χ1n) is 13.6. The number of pyridine rings is 2. The SMILES string of the molecule is C#Cc1cc(F)c(CN2C3CC2CN(c2ccc(-c4cc(OCC(C)(C)O)cn5ncc(NC)c45)cn2)C3)c(F)c1. The number of rotatable bonds is 8. The van der Waals surface area contributed by atoms with Crippen molar-refractivity contribution in [3.05, 3.63) is 71.7 Å². The van der Waals surface area contributed by atoms with Crippen LogP contribution in [0.1, 0.15) is 31.4 Å². The van der Waals surface area contributed by atoms with Crippen molar-refractivity contribution in [1.29, 1.82) is 0 Å². The molecule has 41 heavy (non-hydrogen) atoms. The van der Waals surface area contributed by atoms with Gasteiger partial charge in [-0.2, -0.15) is 5.10 Å². The Kier molecular flexibility index (Phi) is 6.80. The van der Waals surface area contributed by atoms with Crippen molar-refractivity contribution in [2.75, 3.05) is 37.0 Å². The average Bonchev–Trinajstić information content (AvgIpc) is 3.38. The van der Waals surface area contributed by atoms with Gasteiger partial charge < -0.3 is 20.1 Å². The summed E-state index contributed by atoms with van der Waals surface area (Å²) in [6.07, 6.45) is 11.7. The van der Waals surface area contributed by atoms with E-state index in [4.69, 9.17) is 16.1 Å². The van der Waals surface area contributed by atoms with E-state index < -0.39 is 17.2 Å². The Labute approximate surface area is 237 Å². The second kappa shape index (κ2) is 10.3. The van der Waals surface area contributed by atoms with Gasteiger partial charge in [-0.25, -0.2) is 18.3 Å². The summed E-state index contributed by atoms with van der Waals surface area (Å²) in [4.78, 5) is 9.18. The number of piperidine rings is 1. The number of aromatic nitrogens is 3. The molecule has 0 spiro atoms. The molecule has 3 aromatic heterocycles. The number of halogens is 2. The van der Waals surface area contributed by atoms with Gasteiger partial charge in [-0.3, -0.25) is 4.90 Å². The van der Waals surface area contributed by atoms with Crippen LogP contribution in [0.3, 0.4) is 0 Å². The van der Waals surface area contributed by atoms with E-state index >= 15 is 0 Å². The van der Waals surface area contributed by atoms with Crippen molar-refractivity contribution in [3.8, 4) is 29.2 Å². The van der Waals surface area contributed by atoms with Crippen LogP contribution in [0.25, 0.3) is 16.6 Å². The Morgan fingerprint density at radius 1 is 1.15 bits per heavy atom. The van der Waals surface area contributed by atoms with Gasteiger partial charge in [0.2, 0.25) is 0 Å². The zero-order valence-corrected chi connectivity index (χ0v) is 23.2. The van der Waals surface area contributed by atoms with Gasteiger partial charge in [-0.05, 0) is 50.6 Å². The predicted molar refractivity (Wildman–Crippen MR) is 154 cm³/mol. The topological polar surface area (TPSA) is 78.2 Å². The molecule has 212 valence electrons. The maximum atomic E-state index is 14.5. The average molecular weight is 559 g/mol. The second-order valence-electron chi connectivity index (χ2n) is 11.4. The van der Waals surface area contributed by atoms with Crippen LogP contribution in [-0.2, 0) is 6.54 Å². The zero-order chi connectivity index (χ0) is 28.9. The lowest BCUT2D eigenvalue weighted by Gasteiger charge is -2.56. The molecule has 2 atom stereocenters. The molecule has 6 heterocycles. The highest BCUT2D eigenvalue weighted by Gasteiger charge is 2.45. The number of nitrogens with one attached hydrogen (secondary N) is 1. The summed E-state index contributed by atoms with van der Waals surface area (Å²) in [5.74, 6) is 2.54. The summed E-state index contributed by atoms with van der Waals surface area (Å²) < 4.78 is 36.7. The molecule has 1 aromatic carbocycles. The van der Waals surface area contributed by atoms with Crippen molar-refractivity contribution in [2.24, 2.45) is 0 Å². The monoisotopic (exact) mass is 558 g/mol. The van der Waals surface area contributed by atoms with Gasteiger partial charge in [0.25, 0.3) is 0 Å². The number of ether oxygens (including phenoxy) is 1. The van der Waals surface area contributed by atoms with Crippen molar-refractivity contribution >= 4 is 17.0 Å². The Bertz CT molecular complexity index is 1600. The van der Waals surface area contributed by atoms with Crippen LogP contribution in [0.4, 0.5) is 20.3 Å². The summed E-state index contributed by atoms with van der Waals surface area (Å²) in [5, 5.41) is 17.8.